The van der Waals surface area contributed by atoms with Crippen molar-refractivity contribution < 1.29 is 14.3 Å². The molecule has 0 saturated carbocycles. The molecule has 1 aromatic rings. The summed E-state index contributed by atoms with van der Waals surface area (Å²) in [5, 5.41) is 6.16. The second kappa shape index (κ2) is 8.54. The maximum atomic E-state index is 12.2. The lowest BCUT2D eigenvalue weighted by Crippen LogP contribution is -2.40. The summed E-state index contributed by atoms with van der Waals surface area (Å²) in [7, 11) is 0. The zero-order chi connectivity index (χ0) is 15.8. The van der Waals surface area contributed by atoms with Gasteiger partial charge in [0.1, 0.15) is 0 Å². The molecule has 1 unspecified atom stereocenters. The Morgan fingerprint density at radius 1 is 1.27 bits per heavy atom. The molecule has 22 heavy (non-hydrogen) atoms. The first-order valence-electron chi connectivity index (χ1n) is 7.92. The average molecular weight is 304 g/mol. The Hall–Kier alpha value is -1.88. The maximum Gasteiger partial charge on any atom is 0.315 e. The number of piperidine rings is 1. The van der Waals surface area contributed by atoms with E-state index in [9.17, 15) is 9.59 Å². The summed E-state index contributed by atoms with van der Waals surface area (Å²) in [4.78, 5) is 24.4. The Morgan fingerprint density at radius 3 is 2.59 bits per heavy atom. The standard InChI is InChI=1S/C17H24N2O3/c1-2-22-17(21)15(13-6-4-3-5-7-13)12-19-16(20)14-8-10-18-11-9-14/h3-7,14-15,18H,2,8-12H2,1H3,(H,19,20). The number of carbonyl (C=O) groups is 2. The second-order valence-electron chi connectivity index (χ2n) is 5.48. The van der Waals surface area contributed by atoms with Gasteiger partial charge in [-0.05, 0) is 38.4 Å². The lowest BCUT2D eigenvalue weighted by Gasteiger charge is -2.23. The third kappa shape index (κ3) is 4.56. The zero-order valence-corrected chi connectivity index (χ0v) is 13.0. The summed E-state index contributed by atoms with van der Waals surface area (Å²) in [6, 6.07) is 9.45. The van der Waals surface area contributed by atoms with Crippen molar-refractivity contribution in [2.24, 2.45) is 5.92 Å². The molecule has 120 valence electrons. The zero-order valence-electron chi connectivity index (χ0n) is 13.0. The number of hydrogen-bond acceptors (Lipinski definition) is 4. The van der Waals surface area contributed by atoms with Crippen LogP contribution in [0.1, 0.15) is 31.2 Å². The topological polar surface area (TPSA) is 67.4 Å². The highest BCUT2D eigenvalue weighted by Crippen LogP contribution is 2.18. The minimum Gasteiger partial charge on any atom is -0.465 e. The van der Waals surface area contributed by atoms with Crippen LogP contribution in [0.15, 0.2) is 30.3 Å². The summed E-state index contributed by atoms with van der Waals surface area (Å²) in [6.45, 7) is 4.15. The van der Waals surface area contributed by atoms with Gasteiger partial charge in [0, 0.05) is 12.5 Å². The van der Waals surface area contributed by atoms with Gasteiger partial charge in [-0.2, -0.15) is 0 Å². The summed E-state index contributed by atoms with van der Waals surface area (Å²) >= 11 is 0. The van der Waals surface area contributed by atoms with Gasteiger partial charge >= 0.3 is 5.97 Å². The SMILES string of the molecule is CCOC(=O)C(CNC(=O)C1CCNCC1)c1ccccc1. The van der Waals surface area contributed by atoms with Crippen LogP contribution in [-0.2, 0) is 14.3 Å². The molecule has 0 bridgehead atoms. The number of rotatable bonds is 6. The van der Waals surface area contributed by atoms with Crippen LogP contribution in [0.3, 0.4) is 0 Å². The average Bonchev–Trinajstić information content (AvgIpc) is 2.57. The molecule has 1 saturated heterocycles. The number of nitrogens with one attached hydrogen (secondary N) is 2. The first kappa shape index (κ1) is 16.5. The molecule has 0 spiro atoms. The van der Waals surface area contributed by atoms with Crippen LogP contribution in [0.4, 0.5) is 0 Å². The molecule has 2 N–H and O–H groups in total. The fourth-order valence-electron chi connectivity index (χ4n) is 2.70. The third-order valence-electron chi connectivity index (χ3n) is 3.96. The van der Waals surface area contributed by atoms with Crippen LogP contribution in [0.25, 0.3) is 0 Å². The molecular weight excluding hydrogens is 280 g/mol. The third-order valence-corrected chi connectivity index (χ3v) is 3.96. The number of ether oxygens (including phenoxy) is 1. The van der Waals surface area contributed by atoms with E-state index < -0.39 is 5.92 Å². The van der Waals surface area contributed by atoms with Gasteiger partial charge in [-0.3, -0.25) is 9.59 Å². The molecule has 1 aliphatic heterocycles. The van der Waals surface area contributed by atoms with E-state index in [1.54, 1.807) is 6.92 Å². The molecule has 2 rings (SSSR count). The Morgan fingerprint density at radius 2 is 1.95 bits per heavy atom. The van der Waals surface area contributed by atoms with Crippen LogP contribution < -0.4 is 10.6 Å². The first-order chi connectivity index (χ1) is 10.7. The molecule has 1 heterocycles. The molecule has 1 fully saturated rings. The molecule has 1 amide bonds. The Kier molecular flexibility index (Phi) is 6.40. The molecule has 1 aromatic carbocycles. The number of amides is 1. The summed E-state index contributed by atoms with van der Waals surface area (Å²) in [5.74, 6) is -0.669. The van der Waals surface area contributed by atoms with Crippen LogP contribution in [0, 0.1) is 5.92 Å². The van der Waals surface area contributed by atoms with Gasteiger partial charge in [-0.15, -0.1) is 0 Å². The van der Waals surface area contributed by atoms with Gasteiger partial charge in [0.15, 0.2) is 0 Å². The molecule has 5 heteroatoms. The first-order valence-corrected chi connectivity index (χ1v) is 7.92. The van der Waals surface area contributed by atoms with Crippen molar-refractivity contribution in [2.75, 3.05) is 26.2 Å². The molecule has 5 nitrogen and oxygen atoms in total. The fraction of sp³-hybridized carbons (Fsp3) is 0.529. The predicted molar refractivity (Wildman–Crippen MR) is 84.4 cm³/mol. The summed E-state index contributed by atoms with van der Waals surface area (Å²) in [5.41, 5.74) is 0.867. The number of benzene rings is 1. The fourth-order valence-corrected chi connectivity index (χ4v) is 2.70. The van der Waals surface area contributed by atoms with E-state index in [4.69, 9.17) is 4.74 Å². The van der Waals surface area contributed by atoms with E-state index in [2.05, 4.69) is 10.6 Å². The smallest absolute Gasteiger partial charge is 0.315 e. The van der Waals surface area contributed by atoms with Gasteiger partial charge in [0.25, 0.3) is 0 Å². The van der Waals surface area contributed by atoms with Gasteiger partial charge in [-0.1, -0.05) is 30.3 Å². The van der Waals surface area contributed by atoms with Gasteiger partial charge in [0.05, 0.1) is 12.5 Å². The minimum absolute atomic E-state index is 0.0340. The number of esters is 1. The van der Waals surface area contributed by atoms with Gasteiger partial charge in [0.2, 0.25) is 5.91 Å². The quantitative estimate of drug-likeness (QED) is 0.781. The largest absolute Gasteiger partial charge is 0.465 e. The monoisotopic (exact) mass is 304 g/mol. The van der Waals surface area contributed by atoms with E-state index in [1.165, 1.54) is 0 Å². The second-order valence-corrected chi connectivity index (χ2v) is 5.48. The maximum absolute atomic E-state index is 12.2. The van der Waals surface area contributed by atoms with E-state index in [1.807, 2.05) is 30.3 Å². The summed E-state index contributed by atoms with van der Waals surface area (Å²) < 4.78 is 5.14. The van der Waals surface area contributed by atoms with E-state index in [0.717, 1.165) is 31.5 Å². The summed E-state index contributed by atoms with van der Waals surface area (Å²) in [6.07, 6.45) is 1.70. The van der Waals surface area contributed by atoms with Crippen molar-refractivity contribution in [3.63, 3.8) is 0 Å². The Labute approximate surface area is 131 Å². The van der Waals surface area contributed by atoms with E-state index >= 15 is 0 Å². The van der Waals surface area contributed by atoms with E-state index in [-0.39, 0.29) is 24.3 Å². The molecule has 1 aliphatic rings. The van der Waals surface area contributed by atoms with Crippen molar-refractivity contribution in [3.8, 4) is 0 Å². The molecule has 0 aromatic heterocycles. The molecule has 0 radical (unpaired) electrons. The highest BCUT2D eigenvalue weighted by Gasteiger charge is 2.25. The van der Waals surface area contributed by atoms with Crippen molar-refractivity contribution in [2.45, 2.75) is 25.7 Å². The molecular formula is C17H24N2O3. The van der Waals surface area contributed by atoms with Gasteiger partial charge in [-0.25, -0.2) is 0 Å². The Bertz CT molecular complexity index is 484. The van der Waals surface area contributed by atoms with Crippen molar-refractivity contribution in [3.05, 3.63) is 35.9 Å². The normalized spacial score (nSPS) is 16.8. The number of carbonyl (C=O) groups excluding carboxylic acids is 2. The Balaban J connectivity index is 1.97. The highest BCUT2D eigenvalue weighted by atomic mass is 16.5. The van der Waals surface area contributed by atoms with Crippen LogP contribution >= 0.6 is 0 Å². The van der Waals surface area contributed by atoms with E-state index in [0.29, 0.717) is 6.61 Å². The van der Waals surface area contributed by atoms with Crippen molar-refractivity contribution >= 4 is 11.9 Å². The number of hydrogen-bond donors (Lipinski definition) is 2. The van der Waals surface area contributed by atoms with Crippen molar-refractivity contribution in [1.29, 1.82) is 0 Å². The lowest BCUT2D eigenvalue weighted by atomic mass is 9.95. The lowest BCUT2D eigenvalue weighted by molar-refractivity contribution is -0.145. The minimum atomic E-state index is -0.452. The van der Waals surface area contributed by atoms with Crippen LogP contribution in [-0.4, -0.2) is 38.1 Å². The van der Waals surface area contributed by atoms with Crippen molar-refractivity contribution in [1.82, 2.24) is 10.6 Å². The molecule has 0 aliphatic carbocycles. The van der Waals surface area contributed by atoms with Crippen LogP contribution in [0.2, 0.25) is 0 Å². The molecule has 1 atom stereocenters. The highest BCUT2D eigenvalue weighted by molar-refractivity contribution is 5.82. The predicted octanol–water partition coefficient (Wildman–Crippen LogP) is 1.45. The van der Waals surface area contributed by atoms with Gasteiger partial charge < -0.3 is 15.4 Å². The van der Waals surface area contributed by atoms with Crippen LogP contribution in [0.5, 0.6) is 0 Å².